The highest BCUT2D eigenvalue weighted by molar-refractivity contribution is 7.93. The average Bonchev–Trinajstić information content (AvgIpc) is 3.43. The number of nitrogens with one attached hydrogen (secondary N) is 4. The summed E-state index contributed by atoms with van der Waals surface area (Å²) < 4.78 is 41.6. The van der Waals surface area contributed by atoms with Gasteiger partial charge in [-0.15, -0.1) is 11.3 Å². The Balaban J connectivity index is 1.25. The maximum atomic E-state index is 14.5. The Morgan fingerprint density at radius 1 is 1.32 bits per heavy atom. The number of hydrogen-bond acceptors (Lipinski definition) is 7. The lowest BCUT2D eigenvalue weighted by Gasteiger charge is -2.18. The molecule has 1 saturated carbocycles. The van der Waals surface area contributed by atoms with Gasteiger partial charge in [-0.1, -0.05) is 18.5 Å². The van der Waals surface area contributed by atoms with Crippen LogP contribution in [0.2, 0.25) is 5.02 Å². The Labute approximate surface area is 191 Å². The van der Waals surface area contributed by atoms with Crippen molar-refractivity contribution in [2.75, 3.05) is 29.7 Å². The number of aromatic nitrogens is 1. The molecular formula is C20H27ClFN5O2S2. The van der Waals surface area contributed by atoms with Crippen LogP contribution >= 0.6 is 22.9 Å². The van der Waals surface area contributed by atoms with Gasteiger partial charge in [0, 0.05) is 36.8 Å². The second-order valence-electron chi connectivity index (χ2n) is 8.21. The van der Waals surface area contributed by atoms with Gasteiger partial charge >= 0.3 is 0 Å². The zero-order chi connectivity index (χ0) is 22.0. The first kappa shape index (κ1) is 22.7. The number of nitrogens with zero attached hydrogens (tertiary/aromatic N) is 1. The maximum absolute atomic E-state index is 14.5. The van der Waals surface area contributed by atoms with E-state index in [1.165, 1.54) is 12.6 Å². The quantitative estimate of drug-likeness (QED) is 0.383. The van der Waals surface area contributed by atoms with Crippen LogP contribution in [0, 0.1) is 17.7 Å². The number of fused-ring (bicyclic) bond motifs is 2. The topological polar surface area (TPSA) is 95.1 Å². The van der Waals surface area contributed by atoms with Crippen molar-refractivity contribution in [3.05, 3.63) is 34.5 Å². The third-order valence-electron chi connectivity index (χ3n) is 6.13. The number of rotatable bonds is 10. The van der Waals surface area contributed by atoms with Crippen molar-refractivity contribution in [1.82, 2.24) is 15.6 Å². The number of hydrogen-bond donors (Lipinski definition) is 4. The van der Waals surface area contributed by atoms with Gasteiger partial charge in [-0.2, -0.15) is 0 Å². The Morgan fingerprint density at radius 3 is 2.81 bits per heavy atom. The molecule has 0 radical (unpaired) electrons. The Morgan fingerprint density at radius 2 is 2.13 bits per heavy atom. The second kappa shape index (κ2) is 9.58. The fourth-order valence-electron chi connectivity index (χ4n) is 4.55. The summed E-state index contributed by atoms with van der Waals surface area (Å²) in [4.78, 5) is 3.35. The van der Waals surface area contributed by atoms with Gasteiger partial charge < -0.3 is 16.0 Å². The van der Waals surface area contributed by atoms with E-state index >= 15 is 0 Å². The molecule has 1 aromatic heterocycles. The van der Waals surface area contributed by atoms with Crippen LogP contribution in [0.5, 0.6) is 0 Å². The standard InChI is InChI=1S/C20H27ClFN5O2S2/c1-12-8-17-19(13(12)11-26-17)24-5-3-2-4-23-16-10-15(22)18(9-14(16)21)31(28,29)27-20-25-6-7-30-20/h6-7,9-10,12-13,17,19,23-24,26H,2-5,8,11H2,1H3,(H,25,27)/t12-,13?,17-,19+/m1/s1. The molecular weight excluding hydrogens is 461 g/mol. The lowest BCUT2D eigenvalue weighted by molar-refractivity contribution is 0.361. The van der Waals surface area contributed by atoms with Crippen LogP contribution in [0.25, 0.3) is 0 Å². The number of thiazole rings is 1. The van der Waals surface area contributed by atoms with Gasteiger partial charge in [0.05, 0.1) is 10.7 Å². The predicted octanol–water partition coefficient (Wildman–Crippen LogP) is 3.51. The zero-order valence-corrected chi connectivity index (χ0v) is 19.6. The zero-order valence-electron chi connectivity index (χ0n) is 17.2. The number of anilines is 2. The highest BCUT2D eigenvalue weighted by Crippen LogP contribution is 2.36. The molecule has 1 aromatic carbocycles. The largest absolute Gasteiger partial charge is 0.384 e. The van der Waals surface area contributed by atoms with Crippen molar-refractivity contribution in [1.29, 1.82) is 0 Å². The summed E-state index contributed by atoms with van der Waals surface area (Å²) in [6.45, 7) is 5.00. The fourth-order valence-corrected chi connectivity index (χ4v) is 6.72. The van der Waals surface area contributed by atoms with Crippen molar-refractivity contribution in [3.8, 4) is 0 Å². The van der Waals surface area contributed by atoms with Crippen molar-refractivity contribution in [3.63, 3.8) is 0 Å². The van der Waals surface area contributed by atoms with Gasteiger partial charge in [-0.25, -0.2) is 17.8 Å². The first-order valence-corrected chi connectivity index (χ1v) is 13.2. The second-order valence-corrected chi connectivity index (χ2v) is 11.2. The van der Waals surface area contributed by atoms with Gasteiger partial charge in [0.2, 0.25) is 0 Å². The number of benzene rings is 1. The smallest absolute Gasteiger partial charge is 0.266 e. The molecule has 0 amide bonds. The highest BCUT2D eigenvalue weighted by Gasteiger charge is 2.45. The van der Waals surface area contributed by atoms with E-state index in [2.05, 4.69) is 32.6 Å². The molecule has 31 heavy (non-hydrogen) atoms. The summed E-state index contributed by atoms with van der Waals surface area (Å²) in [7, 11) is -4.10. The monoisotopic (exact) mass is 487 g/mol. The molecule has 170 valence electrons. The van der Waals surface area contributed by atoms with Crippen molar-refractivity contribution in [2.45, 2.75) is 43.2 Å². The molecule has 11 heteroatoms. The number of piperidine rings is 1. The van der Waals surface area contributed by atoms with E-state index in [9.17, 15) is 12.8 Å². The van der Waals surface area contributed by atoms with Crippen LogP contribution in [-0.4, -0.2) is 45.1 Å². The van der Waals surface area contributed by atoms with Crippen molar-refractivity contribution < 1.29 is 12.8 Å². The summed E-state index contributed by atoms with van der Waals surface area (Å²) in [6.07, 6.45) is 4.59. The molecule has 1 aliphatic carbocycles. The summed E-state index contributed by atoms with van der Waals surface area (Å²) >= 11 is 7.32. The van der Waals surface area contributed by atoms with Crippen molar-refractivity contribution >= 4 is 43.8 Å². The lowest BCUT2D eigenvalue weighted by atomic mass is 9.96. The lowest BCUT2D eigenvalue weighted by Crippen LogP contribution is -2.39. The van der Waals surface area contributed by atoms with E-state index in [4.69, 9.17) is 11.6 Å². The maximum Gasteiger partial charge on any atom is 0.266 e. The Hall–Kier alpha value is -1.46. The third kappa shape index (κ3) is 5.14. The van der Waals surface area contributed by atoms with Crippen LogP contribution in [0.3, 0.4) is 0 Å². The number of halogens is 2. The molecule has 0 spiro atoms. The summed E-state index contributed by atoms with van der Waals surface area (Å²) in [6, 6.07) is 3.42. The third-order valence-corrected chi connectivity index (χ3v) is 8.62. The van der Waals surface area contributed by atoms with E-state index in [1.54, 1.807) is 5.38 Å². The minimum atomic E-state index is -4.10. The van der Waals surface area contributed by atoms with Crippen LogP contribution in [-0.2, 0) is 10.0 Å². The molecule has 2 fully saturated rings. The normalized spacial score (nSPS) is 25.1. The minimum absolute atomic E-state index is 0.154. The molecule has 1 saturated heterocycles. The average molecular weight is 488 g/mol. The van der Waals surface area contributed by atoms with E-state index in [0.717, 1.165) is 61.2 Å². The number of unbranched alkanes of at least 4 members (excludes halogenated alkanes) is 1. The number of sulfonamides is 1. The Bertz CT molecular complexity index is 1010. The minimum Gasteiger partial charge on any atom is -0.384 e. The molecule has 2 bridgehead atoms. The van der Waals surface area contributed by atoms with Gasteiger partial charge in [0.15, 0.2) is 5.13 Å². The summed E-state index contributed by atoms with van der Waals surface area (Å²) in [5.41, 5.74) is 0.382. The van der Waals surface area contributed by atoms with Crippen molar-refractivity contribution in [2.24, 2.45) is 11.8 Å². The van der Waals surface area contributed by atoms with Crippen LogP contribution in [0.4, 0.5) is 15.2 Å². The van der Waals surface area contributed by atoms with Gasteiger partial charge in [-0.3, -0.25) is 4.72 Å². The van der Waals surface area contributed by atoms with Crippen LogP contribution in [0.1, 0.15) is 26.2 Å². The molecule has 4 N–H and O–H groups in total. The molecule has 2 aliphatic rings. The van der Waals surface area contributed by atoms with Crippen LogP contribution < -0.4 is 20.7 Å². The van der Waals surface area contributed by atoms with Gasteiger partial charge in [-0.05, 0) is 49.8 Å². The van der Waals surface area contributed by atoms with Crippen LogP contribution in [0.15, 0.2) is 28.6 Å². The van der Waals surface area contributed by atoms with E-state index in [-0.39, 0.29) is 10.2 Å². The molecule has 4 atom stereocenters. The van der Waals surface area contributed by atoms with Gasteiger partial charge in [0.25, 0.3) is 10.0 Å². The predicted molar refractivity (Wildman–Crippen MR) is 123 cm³/mol. The Kier molecular flexibility index (Phi) is 7.02. The van der Waals surface area contributed by atoms with E-state index < -0.39 is 20.7 Å². The first-order valence-electron chi connectivity index (χ1n) is 10.5. The molecule has 4 rings (SSSR count). The molecule has 7 nitrogen and oxygen atoms in total. The first-order chi connectivity index (χ1) is 14.8. The fraction of sp³-hybridized carbons (Fsp3) is 0.550. The summed E-state index contributed by atoms with van der Waals surface area (Å²) in [5, 5.41) is 12.3. The van der Waals surface area contributed by atoms with Gasteiger partial charge in [0.1, 0.15) is 10.7 Å². The van der Waals surface area contributed by atoms with E-state index in [1.807, 2.05) is 0 Å². The van der Waals surface area contributed by atoms with E-state index in [0.29, 0.717) is 24.3 Å². The summed E-state index contributed by atoms with van der Waals surface area (Å²) in [5.74, 6) is 0.645. The molecule has 1 unspecified atom stereocenters. The molecule has 1 aliphatic heterocycles. The molecule has 2 heterocycles. The molecule has 2 aromatic rings. The SMILES string of the molecule is C[C@@H]1C[C@H]2NCC1[C@@H]2NCCCCNc1cc(F)c(S(=O)(=O)Nc2nccs2)cc1Cl. The highest BCUT2D eigenvalue weighted by atomic mass is 35.5.